The van der Waals surface area contributed by atoms with Crippen LogP contribution in [0.1, 0.15) is 16.2 Å². The Bertz CT molecular complexity index is 745. The molecule has 0 unspecified atom stereocenters. The highest BCUT2D eigenvalue weighted by atomic mass is 32.1. The van der Waals surface area contributed by atoms with Crippen LogP contribution in [-0.4, -0.2) is 40.6 Å². The molecule has 0 bridgehead atoms. The van der Waals surface area contributed by atoms with Crippen LogP contribution in [0.15, 0.2) is 23.4 Å². The van der Waals surface area contributed by atoms with Crippen molar-refractivity contribution in [2.45, 2.75) is 6.54 Å². The first-order chi connectivity index (χ1) is 9.66. The molecule has 0 aromatic carbocycles. The maximum atomic E-state index is 11.3. The van der Waals surface area contributed by atoms with Gasteiger partial charge >= 0.3 is 5.97 Å². The molecule has 0 aliphatic rings. The zero-order chi connectivity index (χ0) is 14.1. The fourth-order valence-electron chi connectivity index (χ4n) is 1.88. The molecular weight excluding hydrogens is 280 g/mol. The lowest BCUT2D eigenvalue weighted by Gasteiger charge is -2.06. The summed E-state index contributed by atoms with van der Waals surface area (Å²) in [5, 5.41) is 18.8. The molecule has 102 valence electrons. The van der Waals surface area contributed by atoms with Gasteiger partial charge in [0, 0.05) is 12.4 Å². The Balaban J connectivity index is 2.11. The molecule has 20 heavy (non-hydrogen) atoms. The minimum atomic E-state index is -1.12. The fourth-order valence-corrected chi connectivity index (χ4v) is 2.43. The summed E-state index contributed by atoms with van der Waals surface area (Å²) in [6, 6.07) is 0. The van der Waals surface area contributed by atoms with Crippen molar-refractivity contribution in [2.24, 2.45) is 7.05 Å². The number of aryl methyl sites for hydroxylation is 1. The Morgan fingerprint density at radius 3 is 2.95 bits per heavy atom. The predicted octanol–water partition coefficient (Wildman–Crippen LogP) is 0.882. The molecule has 1 N–H and O–H groups in total. The Morgan fingerprint density at radius 1 is 1.50 bits per heavy atom. The molecule has 3 aromatic heterocycles. The van der Waals surface area contributed by atoms with Crippen LogP contribution in [0.3, 0.4) is 0 Å². The second-order valence-corrected chi connectivity index (χ2v) is 4.84. The molecule has 3 rings (SSSR count). The van der Waals surface area contributed by atoms with Crippen molar-refractivity contribution in [1.29, 1.82) is 0 Å². The van der Waals surface area contributed by atoms with Gasteiger partial charge in [-0.1, -0.05) is 5.21 Å². The summed E-state index contributed by atoms with van der Waals surface area (Å²) in [6.07, 6.45) is 3.18. The number of aromatic nitrogens is 6. The summed E-state index contributed by atoms with van der Waals surface area (Å²) in [7, 11) is 1.79. The molecule has 0 aliphatic carbocycles. The molecule has 0 radical (unpaired) electrons. The molecule has 0 amide bonds. The predicted molar refractivity (Wildman–Crippen MR) is 70.4 cm³/mol. The van der Waals surface area contributed by atoms with Crippen molar-refractivity contribution in [3.05, 3.63) is 34.8 Å². The van der Waals surface area contributed by atoms with E-state index >= 15 is 0 Å². The van der Waals surface area contributed by atoms with Crippen LogP contribution < -0.4 is 0 Å². The standard InChI is InChI=1S/C11H10N6O2S/c1-16-5-12-2-8(16)10-9(11(18)19)14-15-17(10)3-7-4-20-6-13-7/h2,4-6H,3H2,1H3,(H,18,19). The van der Waals surface area contributed by atoms with Crippen molar-refractivity contribution >= 4 is 17.3 Å². The van der Waals surface area contributed by atoms with Crippen LogP contribution in [0.2, 0.25) is 0 Å². The first-order valence-electron chi connectivity index (χ1n) is 5.67. The zero-order valence-corrected chi connectivity index (χ0v) is 11.3. The normalized spacial score (nSPS) is 10.8. The summed E-state index contributed by atoms with van der Waals surface area (Å²) < 4.78 is 3.25. The lowest BCUT2D eigenvalue weighted by Crippen LogP contribution is -2.08. The lowest BCUT2D eigenvalue weighted by molar-refractivity contribution is 0.0691. The molecule has 0 saturated heterocycles. The molecule has 8 nitrogen and oxygen atoms in total. The summed E-state index contributed by atoms with van der Waals surface area (Å²) in [6.45, 7) is 0.365. The van der Waals surface area contributed by atoms with Gasteiger partial charge < -0.3 is 9.67 Å². The van der Waals surface area contributed by atoms with Crippen molar-refractivity contribution in [3.63, 3.8) is 0 Å². The fraction of sp³-hybridized carbons (Fsp3) is 0.182. The van der Waals surface area contributed by atoms with E-state index in [1.54, 1.807) is 29.6 Å². The minimum Gasteiger partial charge on any atom is -0.476 e. The largest absolute Gasteiger partial charge is 0.476 e. The number of carbonyl (C=O) groups is 1. The number of aromatic carboxylic acids is 1. The Kier molecular flexibility index (Phi) is 3.03. The molecule has 3 heterocycles. The van der Waals surface area contributed by atoms with Gasteiger partial charge in [-0.15, -0.1) is 16.4 Å². The quantitative estimate of drug-likeness (QED) is 0.766. The number of hydrogen-bond donors (Lipinski definition) is 1. The second-order valence-electron chi connectivity index (χ2n) is 4.12. The molecule has 0 spiro atoms. The topological polar surface area (TPSA) is 98.7 Å². The highest BCUT2D eigenvalue weighted by molar-refractivity contribution is 7.07. The van der Waals surface area contributed by atoms with E-state index < -0.39 is 5.97 Å². The highest BCUT2D eigenvalue weighted by Gasteiger charge is 2.23. The van der Waals surface area contributed by atoms with Crippen LogP contribution in [-0.2, 0) is 13.6 Å². The van der Waals surface area contributed by atoms with E-state index in [0.717, 1.165) is 5.69 Å². The van der Waals surface area contributed by atoms with Crippen molar-refractivity contribution in [3.8, 4) is 11.4 Å². The van der Waals surface area contributed by atoms with Gasteiger partial charge in [0.15, 0.2) is 5.69 Å². The van der Waals surface area contributed by atoms with Gasteiger partial charge in [-0.2, -0.15) is 0 Å². The van der Waals surface area contributed by atoms with Crippen LogP contribution in [0.4, 0.5) is 0 Å². The van der Waals surface area contributed by atoms with Gasteiger partial charge in [-0.25, -0.2) is 19.4 Å². The second kappa shape index (κ2) is 4.85. The highest BCUT2D eigenvalue weighted by Crippen LogP contribution is 2.22. The number of hydrogen-bond acceptors (Lipinski definition) is 6. The summed E-state index contributed by atoms with van der Waals surface area (Å²) in [4.78, 5) is 19.5. The van der Waals surface area contributed by atoms with Crippen molar-refractivity contribution < 1.29 is 9.90 Å². The molecule has 0 aliphatic heterocycles. The first-order valence-corrected chi connectivity index (χ1v) is 6.61. The van der Waals surface area contributed by atoms with Crippen molar-refractivity contribution in [2.75, 3.05) is 0 Å². The molecule has 0 atom stereocenters. The first kappa shape index (κ1) is 12.5. The number of carboxylic acid groups (broad SMARTS) is 1. The van der Waals surface area contributed by atoms with Crippen LogP contribution in [0, 0.1) is 0 Å². The Labute approximate surface area is 117 Å². The monoisotopic (exact) mass is 290 g/mol. The van der Waals surface area contributed by atoms with Crippen LogP contribution >= 0.6 is 11.3 Å². The number of nitrogens with zero attached hydrogens (tertiary/aromatic N) is 6. The number of rotatable bonds is 4. The molecular formula is C11H10N6O2S. The van der Waals surface area contributed by atoms with Crippen molar-refractivity contribution in [1.82, 2.24) is 29.5 Å². The Hall–Kier alpha value is -2.55. The molecule has 0 saturated carbocycles. The van der Waals surface area contributed by atoms with Gasteiger partial charge in [0.2, 0.25) is 0 Å². The molecule has 3 aromatic rings. The molecule has 9 heteroatoms. The van der Waals surface area contributed by atoms with E-state index in [1.807, 2.05) is 5.38 Å². The van der Waals surface area contributed by atoms with Gasteiger partial charge in [-0.3, -0.25) is 0 Å². The van der Waals surface area contributed by atoms with Gasteiger partial charge in [0.25, 0.3) is 0 Å². The zero-order valence-electron chi connectivity index (χ0n) is 10.5. The lowest BCUT2D eigenvalue weighted by atomic mass is 10.2. The maximum Gasteiger partial charge on any atom is 0.358 e. The van der Waals surface area contributed by atoms with E-state index in [1.165, 1.54) is 16.0 Å². The van der Waals surface area contributed by atoms with E-state index in [-0.39, 0.29) is 5.69 Å². The summed E-state index contributed by atoms with van der Waals surface area (Å²) in [5.74, 6) is -1.12. The smallest absolute Gasteiger partial charge is 0.358 e. The third kappa shape index (κ3) is 2.07. The number of imidazole rings is 1. The van der Waals surface area contributed by atoms with E-state index in [9.17, 15) is 9.90 Å². The van der Waals surface area contributed by atoms with E-state index in [4.69, 9.17) is 0 Å². The third-order valence-electron chi connectivity index (χ3n) is 2.79. The third-order valence-corrected chi connectivity index (χ3v) is 3.43. The number of carboxylic acids is 1. The SMILES string of the molecule is Cn1cncc1-c1c(C(=O)O)nnn1Cc1cscn1. The van der Waals surface area contributed by atoms with Crippen LogP contribution in [0.5, 0.6) is 0 Å². The Morgan fingerprint density at radius 2 is 2.35 bits per heavy atom. The van der Waals surface area contributed by atoms with E-state index in [0.29, 0.717) is 17.9 Å². The van der Waals surface area contributed by atoms with E-state index in [2.05, 4.69) is 20.3 Å². The minimum absolute atomic E-state index is 0.0937. The average molecular weight is 290 g/mol. The average Bonchev–Trinajstić information content (AvgIpc) is 3.10. The van der Waals surface area contributed by atoms with Crippen LogP contribution in [0.25, 0.3) is 11.4 Å². The van der Waals surface area contributed by atoms with Gasteiger partial charge in [0.05, 0.1) is 36.0 Å². The van der Waals surface area contributed by atoms with Gasteiger partial charge in [0.1, 0.15) is 5.69 Å². The summed E-state index contributed by atoms with van der Waals surface area (Å²) >= 11 is 1.47. The molecule has 0 fully saturated rings. The summed E-state index contributed by atoms with van der Waals surface area (Å²) in [5.41, 5.74) is 3.49. The van der Waals surface area contributed by atoms with Gasteiger partial charge in [-0.05, 0) is 0 Å². The number of thiazole rings is 1. The maximum absolute atomic E-state index is 11.3.